The molecule has 0 radical (unpaired) electrons. The van der Waals surface area contributed by atoms with Crippen LogP contribution in [0.5, 0.6) is 0 Å². The van der Waals surface area contributed by atoms with E-state index in [2.05, 4.69) is 25.6 Å². The molecule has 5 nitrogen and oxygen atoms in total. The molecular formula is C21H18FN5. The normalized spacial score (nSPS) is 10.7. The topological polar surface area (TPSA) is 62.7 Å². The number of rotatable bonds is 6. The molecule has 0 saturated carbocycles. The number of hydrogen-bond acceptors (Lipinski definition) is 5. The second kappa shape index (κ2) is 7.78. The number of halogens is 1. The first-order chi connectivity index (χ1) is 13.3. The van der Waals surface area contributed by atoms with E-state index in [1.807, 2.05) is 42.6 Å². The molecular weight excluding hydrogens is 341 g/mol. The van der Waals surface area contributed by atoms with Crippen LogP contribution in [0.4, 0.5) is 16.2 Å². The molecule has 2 heterocycles. The van der Waals surface area contributed by atoms with Crippen LogP contribution in [0.2, 0.25) is 0 Å². The van der Waals surface area contributed by atoms with Crippen molar-refractivity contribution in [3.63, 3.8) is 0 Å². The van der Waals surface area contributed by atoms with Gasteiger partial charge in [0.2, 0.25) is 5.95 Å². The first-order valence-electron chi connectivity index (χ1n) is 8.66. The number of nitrogens with one attached hydrogen (secondary N) is 2. The lowest BCUT2D eigenvalue weighted by Gasteiger charge is -2.12. The van der Waals surface area contributed by atoms with Crippen molar-refractivity contribution in [2.75, 3.05) is 10.6 Å². The summed E-state index contributed by atoms with van der Waals surface area (Å²) >= 11 is 0. The van der Waals surface area contributed by atoms with E-state index in [1.165, 1.54) is 12.1 Å². The quantitative estimate of drug-likeness (QED) is 0.535. The molecule has 0 atom stereocenters. The Morgan fingerprint density at radius 1 is 0.778 bits per heavy atom. The van der Waals surface area contributed by atoms with Crippen molar-refractivity contribution >= 4 is 22.7 Å². The average Bonchev–Trinajstić information content (AvgIpc) is 2.72. The van der Waals surface area contributed by atoms with Gasteiger partial charge in [0.1, 0.15) is 11.6 Å². The number of para-hydroxylation sites is 1. The molecule has 0 bridgehead atoms. The molecule has 6 heteroatoms. The zero-order chi connectivity index (χ0) is 18.5. The third kappa shape index (κ3) is 4.17. The van der Waals surface area contributed by atoms with E-state index in [-0.39, 0.29) is 5.82 Å². The summed E-state index contributed by atoms with van der Waals surface area (Å²) in [6.07, 6.45) is 3.55. The van der Waals surface area contributed by atoms with Crippen LogP contribution >= 0.6 is 0 Å². The number of anilines is 2. The highest BCUT2D eigenvalue weighted by molar-refractivity contribution is 5.90. The lowest BCUT2D eigenvalue weighted by atomic mass is 10.2. The fraction of sp³-hybridized carbons (Fsp3) is 0.0952. The molecule has 0 aliphatic carbocycles. The van der Waals surface area contributed by atoms with Gasteiger partial charge in [0.05, 0.1) is 5.52 Å². The average molecular weight is 359 g/mol. The van der Waals surface area contributed by atoms with Gasteiger partial charge in [-0.25, -0.2) is 9.37 Å². The Bertz CT molecular complexity index is 1040. The highest BCUT2D eigenvalue weighted by Crippen LogP contribution is 2.22. The maximum absolute atomic E-state index is 13.1. The van der Waals surface area contributed by atoms with Crippen molar-refractivity contribution in [3.05, 3.63) is 90.0 Å². The van der Waals surface area contributed by atoms with E-state index in [0.29, 0.717) is 19.0 Å². The fourth-order valence-electron chi connectivity index (χ4n) is 2.76. The van der Waals surface area contributed by atoms with Gasteiger partial charge in [-0.3, -0.25) is 4.98 Å². The Morgan fingerprint density at radius 3 is 2.41 bits per heavy atom. The summed E-state index contributed by atoms with van der Waals surface area (Å²) in [5, 5.41) is 7.52. The van der Waals surface area contributed by atoms with Gasteiger partial charge in [0.25, 0.3) is 0 Å². The molecule has 0 aliphatic rings. The van der Waals surface area contributed by atoms with Gasteiger partial charge in [-0.15, -0.1) is 0 Å². The fourth-order valence-corrected chi connectivity index (χ4v) is 2.76. The van der Waals surface area contributed by atoms with Crippen molar-refractivity contribution in [1.82, 2.24) is 15.0 Å². The lowest BCUT2D eigenvalue weighted by Crippen LogP contribution is -2.08. The van der Waals surface area contributed by atoms with Crippen LogP contribution in [0.3, 0.4) is 0 Å². The Labute approximate surface area is 156 Å². The number of pyridine rings is 1. The Kier molecular flexibility index (Phi) is 4.87. The Balaban J connectivity index is 1.57. The molecule has 0 saturated heterocycles. The summed E-state index contributed by atoms with van der Waals surface area (Å²) in [5.74, 6) is 1.03. The SMILES string of the molecule is Fc1ccc(CNc2nc(NCc3cccnc3)nc3ccccc23)cc1. The first kappa shape index (κ1) is 16.9. The minimum Gasteiger partial charge on any atom is -0.365 e. The molecule has 134 valence electrons. The van der Waals surface area contributed by atoms with Gasteiger partial charge in [0.15, 0.2) is 0 Å². The van der Waals surface area contributed by atoms with E-state index in [4.69, 9.17) is 0 Å². The zero-order valence-corrected chi connectivity index (χ0v) is 14.6. The number of fused-ring (bicyclic) bond motifs is 1. The van der Waals surface area contributed by atoms with Gasteiger partial charge in [-0.1, -0.05) is 30.3 Å². The second-order valence-electron chi connectivity index (χ2n) is 6.11. The molecule has 2 aromatic carbocycles. The van der Waals surface area contributed by atoms with Crippen LogP contribution < -0.4 is 10.6 Å². The van der Waals surface area contributed by atoms with Crippen molar-refractivity contribution in [2.45, 2.75) is 13.1 Å². The molecule has 0 unspecified atom stereocenters. The van der Waals surface area contributed by atoms with Crippen molar-refractivity contribution in [3.8, 4) is 0 Å². The van der Waals surface area contributed by atoms with E-state index in [0.717, 1.165) is 27.8 Å². The third-order valence-corrected chi connectivity index (χ3v) is 4.15. The molecule has 4 rings (SSSR count). The van der Waals surface area contributed by atoms with Crippen LogP contribution in [-0.2, 0) is 13.1 Å². The maximum atomic E-state index is 13.1. The van der Waals surface area contributed by atoms with Crippen LogP contribution in [0.25, 0.3) is 10.9 Å². The highest BCUT2D eigenvalue weighted by Gasteiger charge is 2.07. The largest absolute Gasteiger partial charge is 0.365 e. The summed E-state index contributed by atoms with van der Waals surface area (Å²) < 4.78 is 13.1. The minimum absolute atomic E-state index is 0.242. The number of aromatic nitrogens is 3. The minimum atomic E-state index is -0.242. The Hall–Kier alpha value is -3.54. The number of nitrogens with zero attached hydrogens (tertiary/aromatic N) is 3. The smallest absolute Gasteiger partial charge is 0.225 e. The Morgan fingerprint density at radius 2 is 1.59 bits per heavy atom. The third-order valence-electron chi connectivity index (χ3n) is 4.15. The van der Waals surface area contributed by atoms with Gasteiger partial charge >= 0.3 is 0 Å². The van der Waals surface area contributed by atoms with Crippen LogP contribution in [0, 0.1) is 5.82 Å². The highest BCUT2D eigenvalue weighted by atomic mass is 19.1. The van der Waals surface area contributed by atoms with Gasteiger partial charge in [-0.05, 0) is 41.5 Å². The van der Waals surface area contributed by atoms with Crippen LogP contribution in [0.15, 0.2) is 73.1 Å². The molecule has 0 amide bonds. The summed E-state index contributed by atoms with van der Waals surface area (Å²) in [4.78, 5) is 13.3. The van der Waals surface area contributed by atoms with Crippen LogP contribution in [0.1, 0.15) is 11.1 Å². The van der Waals surface area contributed by atoms with Crippen LogP contribution in [-0.4, -0.2) is 15.0 Å². The van der Waals surface area contributed by atoms with Crippen molar-refractivity contribution in [2.24, 2.45) is 0 Å². The summed E-state index contributed by atoms with van der Waals surface area (Å²) in [6.45, 7) is 1.13. The second-order valence-corrected chi connectivity index (χ2v) is 6.11. The van der Waals surface area contributed by atoms with E-state index in [9.17, 15) is 4.39 Å². The lowest BCUT2D eigenvalue weighted by molar-refractivity contribution is 0.627. The number of benzene rings is 2. The van der Waals surface area contributed by atoms with Crippen molar-refractivity contribution in [1.29, 1.82) is 0 Å². The molecule has 27 heavy (non-hydrogen) atoms. The molecule has 4 aromatic rings. The molecule has 0 aliphatic heterocycles. The molecule has 2 aromatic heterocycles. The maximum Gasteiger partial charge on any atom is 0.225 e. The monoisotopic (exact) mass is 359 g/mol. The van der Waals surface area contributed by atoms with E-state index < -0.39 is 0 Å². The van der Waals surface area contributed by atoms with Gasteiger partial charge < -0.3 is 10.6 Å². The standard InChI is InChI=1S/C21H18FN5/c22-17-9-7-15(8-10-17)13-24-20-18-5-1-2-6-19(18)26-21(27-20)25-14-16-4-3-11-23-12-16/h1-12H,13-14H2,(H2,24,25,26,27). The predicted molar refractivity (Wildman–Crippen MR) is 105 cm³/mol. The predicted octanol–water partition coefficient (Wildman–Crippen LogP) is 4.39. The van der Waals surface area contributed by atoms with Gasteiger partial charge in [-0.2, -0.15) is 4.98 Å². The molecule has 2 N–H and O–H groups in total. The number of hydrogen-bond donors (Lipinski definition) is 2. The summed E-state index contributed by atoms with van der Waals surface area (Å²) in [7, 11) is 0. The molecule has 0 spiro atoms. The zero-order valence-electron chi connectivity index (χ0n) is 14.6. The van der Waals surface area contributed by atoms with E-state index >= 15 is 0 Å². The first-order valence-corrected chi connectivity index (χ1v) is 8.66. The molecule has 0 fully saturated rings. The van der Waals surface area contributed by atoms with Crippen molar-refractivity contribution < 1.29 is 4.39 Å². The van der Waals surface area contributed by atoms with E-state index in [1.54, 1.807) is 18.3 Å². The summed E-state index contributed by atoms with van der Waals surface area (Å²) in [5.41, 5.74) is 2.88. The summed E-state index contributed by atoms with van der Waals surface area (Å²) in [6, 6.07) is 18.2. The van der Waals surface area contributed by atoms with Gasteiger partial charge in [0, 0.05) is 30.9 Å².